The minimum absolute atomic E-state index is 0.138. The number of likely N-dealkylation sites (tertiary alicyclic amines) is 1. The van der Waals surface area contributed by atoms with Crippen LogP contribution in [-0.4, -0.2) is 49.8 Å². The van der Waals surface area contributed by atoms with Crippen LogP contribution in [0.3, 0.4) is 0 Å². The number of rotatable bonds is 6. The quantitative estimate of drug-likeness (QED) is 0.557. The van der Waals surface area contributed by atoms with Crippen molar-refractivity contribution in [1.29, 1.82) is 0 Å². The van der Waals surface area contributed by atoms with Gasteiger partial charge in [0, 0.05) is 55.4 Å². The lowest BCUT2D eigenvalue weighted by Crippen LogP contribution is -2.50. The molecular formula is C25H29ClFNO4. The Morgan fingerprint density at radius 2 is 1.97 bits per heavy atom. The fraction of sp³-hybridized carbons (Fsp3) is 0.480. The highest BCUT2D eigenvalue weighted by atomic mass is 35.5. The zero-order valence-corrected chi connectivity index (χ0v) is 19.5. The molecule has 2 aromatic rings. The maximum Gasteiger partial charge on any atom is 0.341 e. The smallest absolute Gasteiger partial charge is 0.341 e. The van der Waals surface area contributed by atoms with Crippen LogP contribution in [0.1, 0.15) is 42.6 Å². The molecular weight excluding hydrogens is 433 g/mol. The van der Waals surface area contributed by atoms with Crippen molar-refractivity contribution in [2.24, 2.45) is 5.41 Å². The second kappa shape index (κ2) is 8.91. The lowest BCUT2D eigenvalue weighted by molar-refractivity contribution is 0.00369. The van der Waals surface area contributed by atoms with Crippen molar-refractivity contribution in [3.8, 4) is 11.5 Å². The molecule has 1 saturated heterocycles. The molecule has 2 aliphatic heterocycles. The van der Waals surface area contributed by atoms with E-state index in [1.165, 1.54) is 30.9 Å². The average Bonchev–Trinajstić information content (AvgIpc) is 3.10. The van der Waals surface area contributed by atoms with Crippen LogP contribution in [0.2, 0.25) is 5.02 Å². The summed E-state index contributed by atoms with van der Waals surface area (Å²) >= 11 is 6.14. The van der Waals surface area contributed by atoms with Gasteiger partial charge in [-0.05, 0) is 35.9 Å². The molecule has 7 heteroatoms. The summed E-state index contributed by atoms with van der Waals surface area (Å²) in [5.74, 6) is 0.162. The van der Waals surface area contributed by atoms with Gasteiger partial charge in [0.05, 0.1) is 13.7 Å². The van der Waals surface area contributed by atoms with Crippen LogP contribution >= 0.6 is 11.6 Å². The van der Waals surface area contributed by atoms with E-state index in [9.17, 15) is 9.18 Å². The lowest BCUT2D eigenvalue weighted by atomic mass is 9.85. The third kappa shape index (κ3) is 5.02. The highest BCUT2D eigenvalue weighted by molar-refractivity contribution is 6.30. The molecule has 0 saturated carbocycles. The molecule has 32 heavy (non-hydrogen) atoms. The Labute approximate surface area is 193 Å². The van der Waals surface area contributed by atoms with Crippen LogP contribution < -0.4 is 9.47 Å². The van der Waals surface area contributed by atoms with Gasteiger partial charge < -0.3 is 19.1 Å². The molecule has 0 N–H and O–H groups in total. The summed E-state index contributed by atoms with van der Waals surface area (Å²) in [7, 11) is 1.30. The third-order valence-electron chi connectivity index (χ3n) is 6.25. The molecule has 2 aromatic carbocycles. The number of benzene rings is 2. The number of carbonyl (C=O) groups is 1. The van der Waals surface area contributed by atoms with Gasteiger partial charge in [0.25, 0.3) is 0 Å². The molecule has 0 atom stereocenters. The van der Waals surface area contributed by atoms with E-state index in [4.69, 9.17) is 25.8 Å². The topological polar surface area (TPSA) is 48.0 Å². The number of piperidine rings is 1. The number of carbonyl (C=O) groups excluding carboxylic acids is 1. The van der Waals surface area contributed by atoms with Gasteiger partial charge in [-0.3, -0.25) is 0 Å². The number of halogens is 2. The second-order valence-electron chi connectivity index (χ2n) is 9.57. The first kappa shape index (κ1) is 22.9. The normalized spacial score (nSPS) is 17.7. The molecule has 0 bridgehead atoms. The van der Waals surface area contributed by atoms with E-state index in [2.05, 4.69) is 18.7 Å². The van der Waals surface area contributed by atoms with Crippen molar-refractivity contribution in [2.75, 3.05) is 33.4 Å². The van der Waals surface area contributed by atoms with Crippen LogP contribution in [0.25, 0.3) is 0 Å². The molecule has 172 valence electrons. The Morgan fingerprint density at radius 1 is 1.22 bits per heavy atom. The van der Waals surface area contributed by atoms with Gasteiger partial charge in [0.15, 0.2) is 0 Å². The number of ether oxygens (including phenoxy) is 3. The minimum Gasteiger partial charge on any atom is -0.492 e. The number of esters is 1. The fourth-order valence-electron chi connectivity index (χ4n) is 4.62. The summed E-state index contributed by atoms with van der Waals surface area (Å²) in [4.78, 5) is 14.4. The first-order valence-corrected chi connectivity index (χ1v) is 11.3. The maximum atomic E-state index is 13.7. The van der Waals surface area contributed by atoms with E-state index < -0.39 is 11.8 Å². The summed E-state index contributed by atoms with van der Waals surface area (Å²) in [5.41, 5.74) is 1.08. The largest absolute Gasteiger partial charge is 0.492 e. The van der Waals surface area contributed by atoms with Crippen LogP contribution in [0, 0.1) is 11.2 Å². The van der Waals surface area contributed by atoms with Crippen molar-refractivity contribution in [1.82, 2.24) is 4.90 Å². The van der Waals surface area contributed by atoms with Gasteiger partial charge in [0.1, 0.15) is 28.5 Å². The van der Waals surface area contributed by atoms with Crippen LogP contribution in [0.15, 0.2) is 36.4 Å². The summed E-state index contributed by atoms with van der Waals surface area (Å²) in [6.07, 6.45) is 2.80. The Morgan fingerprint density at radius 3 is 2.69 bits per heavy atom. The van der Waals surface area contributed by atoms with E-state index in [0.717, 1.165) is 49.7 Å². The van der Waals surface area contributed by atoms with Crippen molar-refractivity contribution < 1.29 is 23.4 Å². The molecule has 0 radical (unpaired) electrons. The van der Waals surface area contributed by atoms with E-state index in [-0.39, 0.29) is 22.3 Å². The fourth-order valence-corrected chi connectivity index (χ4v) is 4.81. The van der Waals surface area contributed by atoms with E-state index >= 15 is 0 Å². The summed E-state index contributed by atoms with van der Waals surface area (Å²) in [6, 6.07) is 9.70. The highest BCUT2D eigenvalue weighted by Crippen LogP contribution is 2.42. The van der Waals surface area contributed by atoms with Crippen molar-refractivity contribution >= 4 is 17.6 Å². The zero-order chi connectivity index (χ0) is 22.9. The third-order valence-corrected chi connectivity index (χ3v) is 6.48. The Balaban J connectivity index is 1.33. The number of nitrogens with zero attached hydrogens (tertiary/aromatic N) is 1. The summed E-state index contributed by atoms with van der Waals surface area (Å²) in [5, 5.41) is 0.747. The molecule has 0 unspecified atom stereocenters. The zero-order valence-electron chi connectivity index (χ0n) is 18.7. The molecule has 4 rings (SSSR count). The van der Waals surface area contributed by atoms with E-state index in [1.54, 1.807) is 0 Å². The van der Waals surface area contributed by atoms with Gasteiger partial charge in [-0.15, -0.1) is 0 Å². The molecule has 0 amide bonds. The average molecular weight is 462 g/mol. The van der Waals surface area contributed by atoms with Gasteiger partial charge in [-0.1, -0.05) is 25.4 Å². The Kier molecular flexibility index (Phi) is 6.37. The number of methoxy groups -OCH3 is 1. The van der Waals surface area contributed by atoms with Gasteiger partial charge in [-0.2, -0.15) is 0 Å². The van der Waals surface area contributed by atoms with Crippen molar-refractivity contribution in [3.63, 3.8) is 0 Å². The van der Waals surface area contributed by atoms with Crippen molar-refractivity contribution in [3.05, 3.63) is 58.4 Å². The molecule has 1 fully saturated rings. The summed E-state index contributed by atoms with van der Waals surface area (Å²) < 4.78 is 30.7. The van der Waals surface area contributed by atoms with Crippen molar-refractivity contribution in [2.45, 2.75) is 38.7 Å². The van der Waals surface area contributed by atoms with Gasteiger partial charge >= 0.3 is 5.97 Å². The number of hydrogen-bond donors (Lipinski definition) is 0. The van der Waals surface area contributed by atoms with Gasteiger partial charge in [-0.25, -0.2) is 9.18 Å². The van der Waals surface area contributed by atoms with E-state index in [0.29, 0.717) is 6.61 Å². The van der Waals surface area contributed by atoms with Crippen LogP contribution in [0.4, 0.5) is 4.39 Å². The number of fused-ring (bicyclic) bond motifs is 1. The van der Waals surface area contributed by atoms with Crippen LogP contribution in [-0.2, 0) is 11.2 Å². The highest BCUT2D eigenvalue weighted by Gasteiger charge is 2.42. The molecule has 2 aliphatic rings. The maximum absolute atomic E-state index is 13.7. The van der Waals surface area contributed by atoms with E-state index in [1.807, 2.05) is 18.2 Å². The SMILES string of the molecule is COC(=O)c1ccc(F)cc1OCC(C)(C)CN1CCC2(CC1)Cc1cc(Cl)ccc1O2. The monoisotopic (exact) mass is 461 g/mol. The minimum atomic E-state index is -0.544. The Hall–Kier alpha value is -2.31. The second-order valence-corrected chi connectivity index (χ2v) is 10.0. The molecule has 1 spiro atoms. The Bertz CT molecular complexity index is 1000. The van der Waals surface area contributed by atoms with Crippen LogP contribution in [0.5, 0.6) is 11.5 Å². The first-order valence-electron chi connectivity index (χ1n) is 10.9. The number of hydrogen-bond acceptors (Lipinski definition) is 5. The predicted molar refractivity (Wildman–Crippen MR) is 121 cm³/mol. The molecule has 5 nitrogen and oxygen atoms in total. The molecule has 2 heterocycles. The summed E-state index contributed by atoms with van der Waals surface area (Å²) in [6.45, 7) is 7.25. The molecule has 0 aliphatic carbocycles. The first-order chi connectivity index (χ1) is 15.2. The predicted octanol–water partition coefficient (Wildman–Crippen LogP) is 5.14. The molecule has 0 aromatic heterocycles. The lowest BCUT2D eigenvalue weighted by Gasteiger charge is -2.41. The standard InChI is InChI=1S/C25H29ClFNO4/c1-24(2,16-31-22-13-19(27)5-6-20(22)23(29)30-3)15-28-10-8-25(9-11-28)14-17-12-18(26)4-7-21(17)32-25/h4-7,12-13H,8-11,14-16H2,1-3H3. The van der Waals surface area contributed by atoms with Gasteiger partial charge in [0.2, 0.25) is 0 Å².